The molecule has 1 aliphatic carbocycles. The van der Waals surface area contributed by atoms with Gasteiger partial charge in [0.15, 0.2) is 10.3 Å². The average Bonchev–Trinajstić information content (AvgIpc) is 3.18. The van der Waals surface area contributed by atoms with E-state index in [2.05, 4.69) is 25.5 Å². The van der Waals surface area contributed by atoms with Gasteiger partial charge in [-0.3, -0.25) is 14.5 Å². The zero-order valence-corrected chi connectivity index (χ0v) is 20.6. The van der Waals surface area contributed by atoms with Crippen molar-refractivity contribution in [3.8, 4) is 5.75 Å². The van der Waals surface area contributed by atoms with Crippen LogP contribution in [0.3, 0.4) is 0 Å². The first-order chi connectivity index (χ1) is 16.5. The Morgan fingerprint density at radius 3 is 2.94 bits per heavy atom. The van der Waals surface area contributed by atoms with E-state index in [1.54, 1.807) is 12.3 Å². The van der Waals surface area contributed by atoms with Gasteiger partial charge in [0.1, 0.15) is 12.4 Å². The third-order valence-corrected chi connectivity index (χ3v) is 7.66. The molecule has 2 aliphatic heterocycles. The number of carbonyl (C=O) groups excluding carboxylic acids is 2. The SMILES string of the molecule is Cc1cc(OCCN2CCCC2)ccc1N=C1NC(=O)C(=Cc2cnc(NC(=O)C3CC3)s2)S1. The number of amides is 2. The predicted molar refractivity (Wildman–Crippen MR) is 137 cm³/mol. The van der Waals surface area contributed by atoms with Gasteiger partial charge < -0.3 is 15.4 Å². The minimum Gasteiger partial charge on any atom is -0.492 e. The van der Waals surface area contributed by atoms with Crippen LogP contribution in [0.15, 0.2) is 34.3 Å². The number of likely N-dealkylation sites (tertiary alicyclic amines) is 1. The van der Waals surface area contributed by atoms with Crippen molar-refractivity contribution >= 4 is 57.0 Å². The molecule has 0 atom stereocenters. The van der Waals surface area contributed by atoms with Crippen LogP contribution >= 0.6 is 23.1 Å². The van der Waals surface area contributed by atoms with Gasteiger partial charge in [-0.15, -0.1) is 0 Å². The summed E-state index contributed by atoms with van der Waals surface area (Å²) in [5.41, 5.74) is 1.77. The molecule has 178 valence electrons. The van der Waals surface area contributed by atoms with Crippen LogP contribution in [0.2, 0.25) is 0 Å². The molecule has 0 spiro atoms. The van der Waals surface area contributed by atoms with Crippen molar-refractivity contribution in [3.05, 3.63) is 39.7 Å². The van der Waals surface area contributed by atoms with Gasteiger partial charge in [0.05, 0.1) is 15.5 Å². The largest absolute Gasteiger partial charge is 0.492 e. The van der Waals surface area contributed by atoms with E-state index in [1.165, 1.54) is 49.0 Å². The maximum atomic E-state index is 12.4. The van der Waals surface area contributed by atoms with Gasteiger partial charge in [0, 0.05) is 18.7 Å². The Bertz CT molecular complexity index is 1150. The lowest BCUT2D eigenvalue weighted by Crippen LogP contribution is -2.25. The molecule has 3 aliphatic rings. The maximum absolute atomic E-state index is 12.4. The van der Waals surface area contributed by atoms with E-state index < -0.39 is 0 Å². The summed E-state index contributed by atoms with van der Waals surface area (Å²) < 4.78 is 5.91. The van der Waals surface area contributed by atoms with Crippen LogP contribution in [0.5, 0.6) is 5.75 Å². The third kappa shape index (κ3) is 5.86. The predicted octanol–water partition coefficient (Wildman–Crippen LogP) is 4.17. The fourth-order valence-electron chi connectivity index (χ4n) is 3.83. The van der Waals surface area contributed by atoms with Gasteiger partial charge in [-0.25, -0.2) is 9.98 Å². The summed E-state index contributed by atoms with van der Waals surface area (Å²) in [5, 5.41) is 6.75. The molecule has 2 saturated heterocycles. The number of aliphatic imine (C=N–C) groups is 1. The van der Waals surface area contributed by atoms with Crippen molar-refractivity contribution < 1.29 is 14.3 Å². The quantitative estimate of drug-likeness (QED) is 0.532. The first kappa shape index (κ1) is 23.1. The smallest absolute Gasteiger partial charge is 0.264 e. The number of benzene rings is 1. The molecule has 34 heavy (non-hydrogen) atoms. The molecule has 0 unspecified atom stereocenters. The zero-order chi connectivity index (χ0) is 23.5. The molecule has 2 aromatic rings. The fraction of sp³-hybridized carbons (Fsp3) is 0.417. The first-order valence-corrected chi connectivity index (χ1v) is 13.2. The molecule has 2 amide bonds. The van der Waals surface area contributed by atoms with E-state index in [0.29, 0.717) is 21.8 Å². The molecule has 10 heteroatoms. The second-order valence-corrected chi connectivity index (χ2v) is 10.8. The summed E-state index contributed by atoms with van der Waals surface area (Å²) in [7, 11) is 0. The summed E-state index contributed by atoms with van der Waals surface area (Å²) in [6.07, 6.45) is 7.89. The summed E-state index contributed by atoms with van der Waals surface area (Å²) in [6.45, 7) is 5.95. The Kier molecular flexibility index (Phi) is 6.98. The van der Waals surface area contributed by atoms with Crippen molar-refractivity contribution in [3.63, 3.8) is 0 Å². The molecule has 5 rings (SSSR count). The van der Waals surface area contributed by atoms with Crippen LogP contribution in [0, 0.1) is 12.8 Å². The number of rotatable bonds is 8. The maximum Gasteiger partial charge on any atom is 0.264 e. The zero-order valence-electron chi connectivity index (χ0n) is 19.0. The fourth-order valence-corrected chi connectivity index (χ4v) is 5.49. The van der Waals surface area contributed by atoms with Crippen molar-refractivity contribution in [1.29, 1.82) is 0 Å². The summed E-state index contributed by atoms with van der Waals surface area (Å²) >= 11 is 2.64. The summed E-state index contributed by atoms with van der Waals surface area (Å²) in [4.78, 5) is 37.0. The van der Waals surface area contributed by atoms with Crippen LogP contribution < -0.4 is 15.4 Å². The second-order valence-electron chi connectivity index (χ2n) is 8.66. The highest BCUT2D eigenvalue weighted by atomic mass is 32.2. The number of anilines is 1. The Morgan fingerprint density at radius 1 is 1.35 bits per heavy atom. The Labute approximate surface area is 206 Å². The number of carbonyl (C=O) groups is 2. The molecule has 0 bridgehead atoms. The number of thioether (sulfide) groups is 1. The average molecular weight is 498 g/mol. The molecule has 3 heterocycles. The Balaban J connectivity index is 1.19. The van der Waals surface area contributed by atoms with Crippen molar-refractivity contribution in [2.45, 2.75) is 32.6 Å². The molecule has 0 radical (unpaired) electrons. The summed E-state index contributed by atoms with van der Waals surface area (Å²) in [5.74, 6) is 0.786. The van der Waals surface area contributed by atoms with E-state index in [4.69, 9.17) is 4.74 Å². The number of hydrogen-bond donors (Lipinski definition) is 2. The van der Waals surface area contributed by atoms with Gasteiger partial charge in [-0.1, -0.05) is 11.3 Å². The molecule has 1 aromatic heterocycles. The molecule has 1 saturated carbocycles. The number of hydrogen-bond acceptors (Lipinski definition) is 8. The molecule has 3 fully saturated rings. The molecular formula is C24H27N5O3S2. The van der Waals surface area contributed by atoms with Crippen LogP contribution in [0.1, 0.15) is 36.1 Å². The van der Waals surface area contributed by atoms with Gasteiger partial charge in [-0.2, -0.15) is 0 Å². The number of amidine groups is 1. The lowest BCUT2D eigenvalue weighted by Gasteiger charge is -2.15. The van der Waals surface area contributed by atoms with E-state index in [9.17, 15) is 9.59 Å². The minimum absolute atomic E-state index is 0.0225. The molecular weight excluding hydrogens is 470 g/mol. The highest BCUT2D eigenvalue weighted by Crippen LogP contribution is 2.33. The number of nitrogens with zero attached hydrogens (tertiary/aromatic N) is 3. The molecule has 1 aromatic carbocycles. The Hall–Kier alpha value is -2.69. The van der Waals surface area contributed by atoms with E-state index in [1.807, 2.05) is 25.1 Å². The van der Waals surface area contributed by atoms with Crippen LogP contribution in [-0.2, 0) is 9.59 Å². The standard InChI is InChI=1S/C24H27N5O3S2/c1-15-12-17(32-11-10-29-8-2-3-9-29)6-7-19(15)26-24-28-22(31)20(34-24)13-18-14-25-23(33-18)27-21(30)16-4-5-16/h6-7,12-14,16H,2-5,8-11H2,1H3,(H,25,27,30)(H,26,28,31). The minimum atomic E-state index is -0.194. The van der Waals surface area contributed by atoms with E-state index in [-0.39, 0.29) is 17.7 Å². The van der Waals surface area contributed by atoms with Gasteiger partial charge >= 0.3 is 0 Å². The molecule has 8 nitrogen and oxygen atoms in total. The Morgan fingerprint density at radius 2 is 2.18 bits per heavy atom. The lowest BCUT2D eigenvalue weighted by molar-refractivity contribution is -0.117. The lowest BCUT2D eigenvalue weighted by atomic mass is 10.2. The van der Waals surface area contributed by atoms with E-state index >= 15 is 0 Å². The van der Waals surface area contributed by atoms with Crippen molar-refractivity contribution in [2.24, 2.45) is 10.9 Å². The third-order valence-electron chi connectivity index (χ3n) is 5.89. The highest BCUT2D eigenvalue weighted by molar-refractivity contribution is 8.18. The number of thiazole rings is 1. The number of aryl methyl sites for hydroxylation is 1. The van der Waals surface area contributed by atoms with Crippen molar-refractivity contribution in [2.75, 3.05) is 31.6 Å². The van der Waals surface area contributed by atoms with Crippen LogP contribution in [-0.4, -0.2) is 53.1 Å². The van der Waals surface area contributed by atoms with E-state index in [0.717, 1.165) is 41.3 Å². The number of ether oxygens (including phenoxy) is 1. The normalized spacial score (nSPS) is 20.8. The second kappa shape index (κ2) is 10.3. The number of nitrogens with one attached hydrogen (secondary N) is 2. The monoisotopic (exact) mass is 497 g/mol. The highest BCUT2D eigenvalue weighted by Gasteiger charge is 2.30. The first-order valence-electron chi connectivity index (χ1n) is 11.6. The van der Waals surface area contributed by atoms with Gasteiger partial charge in [-0.05, 0) is 87.3 Å². The summed E-state index contributed by atoms with van der Waals surface area (Å²) in [6, 6.07) is 5.82. The van der Waals surface area contributed by atoms with Crippen LogP contribution in [0.4, 0.5) is 10.8 Å². The topological polar surface area (TPSA) is 95.9 Å². The molecule has 2 N–H and O–H groups in total. The van der Waals surface area contributed by atoms with Crippen molar-refractivity contribution in [1.82, 2.24) is 15.2 Å². The number of aromatic nitrogens is 1. The van der Waals surface area contributed by atoms with Gasteiger partial charge in [0.2, 0.25) is 5.91 Å². The van der Waals surface area contributed by atoms with Crippen LogP contribution in [0.25, 0.3) is 6.08 Å². The van der Waals surface area contributed by atoms with Gasteiger partial charge in [0.25, 0.3) is 5.91 Å².